The molecule has 1 fully saturated rings. The number of aromatic nitrogens is 4. The molecule has 0 radical (unpaired) electrons. The summed E-state index contributed by atoms with van der Waals surface area (Å²) >= 11 is 0. The Balaban J connectivity index is 1.68. The molecule has 0 saturated carbocycles. The Morgan fingerprint density at radius 3 is 2.65 bits per heavy atom. The van der Waals surface area contributed by atoms with Crippen molar-refractivity contribution in [3.63, 3.8) is 0 Å². The van der Waals surface area contributed by atoms with E-state index in [1.54, 1.807) is 4.90 Å². The van der Waals surface area contributed by atoms with Gasteiger partial charge in [0, 0.05) is 13.1 Å². The van der Waals surface area contributed by atoms with Crippen LogP contribution in [0.4, 0.5) is 13.2 Å². The Hall–Kier alpha value is -2.75. The molecular weight excluding hydrogens is 351 g/mol. The van der Waals surface area contributed by atoms with Crippen LogP contribution in [0.3, 0.4) is 0 Å². The van der Waals surface area contributed by atoms with Crippen molar-refractivity contribution in [1.29, 1.82) is 0 Å². The minimum atomic E-state index is -4.37. The summed E-state index contributed by atoms with van der Waals surface area (Å²) in [6, 6.07) is 4.76. The fourth-order valence-electron chi connectivity index (χ4n) is 2.82. The third-order valence-electron chi connectivity index (χ3n) is 4.19. The number of ether oxygens (including phenoxy) is 1. The lowest BCUT2D eigenvalue weighted by Gasteiger charge is -2.16. The minimum absolute atomic E-state index is 0.104. The second kappa shape index (κ2) is 7.24. The van der Waals surface area contributed by atoms with Crippen LogP contribution in [0.25, 0.3) is 0 Å². The maximum absolute atomic E-state index is 12.6. The number of alkyl halides is 3. The smallest absolute Gasteiger partial charge is 0.371 e. The standard InChI is InChI=1S/C16H16F3N5O2/c1-2-14(25)24-7-12(15-20-22-23-21-15)13(8-24)26-9-10-3-5-11(6-4-10)16(17,18)19/h2-6,12-13H,1,7-9H2,(H,20,21,22,23)/t12-,13-/m1/s1. The summed E-state index contributed by atoms with van der Waals surface area (Å²) in [6.07, 6.45) is -3.56. The molecule has 0 aliphatic carbocycles. The molecule has 1 aliphatic heterocycles. The van der Waals surface area contributed by atoms with Gasteiger partial charge in [-0.25, -0.2) is 0 Å². The first-order valence-electron chi connectivity index (χ1n) is 7.81. The molecule has 26 heavy (non-hydrogen) atoms. The third-order valence-corrected chi connectivity index (χ3v) is 4.19. The lowest BCUT2D eigenvalue weighted by molar-refractivity contribution is -0.137. The van der Waals surface area contributed by atoms with Crippen LogP contribution in [0.15, 0.2) is 36.9 Å². The normalized spacial score (nSPS) is 20.3. The summed E-state index contributed by atoms with van der Waals surface area (Å²) < 4.78 is 43.7. The second-order valence-corrected chi connectivity index (χ2v) is 5.87. The molecule has 0 unspecified atom stereocenters. The number of carbonyl (C=O) groups excluding carboxylic acids is 1. The Labute approximate surface area is 146 Å². The van der Waals surface area contributed by atoms with Crippen molar-refractivity contribution >= 4 is 5.91 Å². The summed E-state index contributed by atoms with van der Waals surface area (Å²) in [5.41, 5.74) is -0.118. The summed E-state index contributed by atoms with van der Waals surface area (Å²) in [5.74, 6) is -0.104. The molecule has 1 N–H and O–H groups in total. The summed E-state index contributed by atoms with van der Waals surface area (Å²) in [6.45, 7) is 4.23. The first-order chi connectivity index (χ1) is 12.4. The average molecular weight is 367 g/mol. The van der Waals surface area contributed by atoms with Gasteiger partial charge in [0.2, 0.25) is 5.91 Å². The SMILES string of the molecule is C=CC(=O)N1C[C@@H](OCc2ccc(C(F)(F)F)cc2)[C@H](c2nn[nH]n2)C1. The molecule has 7 nitrogen and oxygen atoms in total. The molecule has 1 aliphatic rings. The highest BCUT2D eigenvalue weighted by Gasteiger charge is 2.38. The summed E-state index contributed by atoms with van der Waals surface area (Å²) in [5, 5.41) is 13.8. The van der Waals surface area contributed by atoms with Crippen LogP contribution in [-0.4, -0.2) is 50.6 Å². The van der Waals surface area contributed by atoms with Crippen LogP contribution >= 0.6 is 0 Å². The highest BCUT2D eigenvalue weighted by Crippen LogP contribution is 2.30. The van der Waals surface area contributed by atoms with E-state index in [1.165, 1.54) is 18.2 Å². The zero-order chi connectivity index (χ0) is 18.7. The van der Waals surface area contributed by atoms with Crippen molar-refractivity contribution in [2.75, 3.05) is 13.1 Å². The second-order valence-electron chi connectivity index (χ2n) is 5.87. The van der Waals surface area contributed by atoms with Gasteiger partial charge in [-0.1, -0.05) is 23.9 Å². The van der Waals surface area contributed by atoms with Gasteiger partial charge in [-0.05, 0) is 23.8 Å². The fourth-order valence-corrected chi connectivity index (χ4v) is 2.82. The monoisotopic (exact) mass is 367 g/mol. The maximum Gasteiger partial charge on any atom is 0.416 e. The number of aromatic amines is 1. The number of hydrogen-bond donors (Lipinski definition) is 1. The number of H-pyrrole nitrogens is 1. The van der Waals surface area contributed by atoms with Gasteiger partial charge in [0.05, 0.1) is 24.2 Å². The fraction of sp³-hybridized carbons (Fsp3) is 0.375. The number of benzene rings is 1. The predicted octanol–water partition coefficient (Wildman–Crippen LogP) is 1.92. The first kappa shape index (κ1) is 18.1. The number of halogens is 3. The zero-order valence-electron chi connectivity index (χ0n) is 13.6. The Morgan fingerprint density at radius 1 is 1.35 bits per heavy atom. The van der Waals surface area contributed by atoms with Crippen molar-refractivity contribution in [3.8, 4) is 0 Å². The van der Waals surface area contributed by atoms with Gasteiger partial charge in [-0.15, -0.1) is 10.2 Å². The molecule has 0 spiro atoms. The highest BCUT2D eigenvalue weighted by molar-refractivity contribution is 5.87. The van der Waals surface area contributed by atoms with Crippen LogP contribution in [0.5, 0.6) is 0 Å². The van der Waals surface area contributed by atoms with Crippen LogP contribution in [0.1, 0.15) is 22.9 Å². The average Bonchev–Trinajstić information content (AvgIpc) is 3.28. The number of nitrogens with one attached hydrogen (secondary N) is 1. The van der Waals surface area contributed by atoms with E-state index >= 15 is 0 Å². The van der Waals surface area contributed by atoms with Crippen molar-refractivity contribution in [2.45, 2.75) is 24.8 Å². The number of rotatable bonds is 5. The van der Waals surface area contributed by atoms with Crippen molar-refractivity contribution in [3.05, 3.63) is 53.9 Å². The van der Waals surface area contributed by atoms with Gasteiger partial charge in [-0.2, -0.15) is 18.4 Å². The van der Waals surface area contributed by atoms with Crippen molar-refractivity contribution < 1.29 is 22.7 Å². The van der Waals surface area contributed by atoms with E-state index in [2.05, 4.69) is 27.2 Å². The van der Waals surface area contributed by atoms with E-state index in [0.717, 1.165) is 12.1 Å². The molecule has 2 atom stereocenters. The third kappa shape index (κ3) is 3.90. The number of likely N-dealkylation sites (tertiary alicyclic amines) is 1. The molecule has 0 bridgehead atoms. The van der Waals surface area contributed by atoms with Gasteiger partial charge in [0.15, 0.2) is 5.82 Å². The van der Waals surface area contributed by atoms with Gasteiger partial charge in [0.1, 0.15) is 0 Å². The predicted molar refractivity (Wildman–Crippen MR) is 83.7 cm³/mol. The van der Waals surface area contributed by atoms with E-state index in [9.17, 15) is 18.0 Å². The summed E-state index contributed by atoms with van der Waals surface area (Å²) in [7, 11) is 0. The molecule has 1 saturated heterocycles. The van der Waals surface area contributed by atoms with Gasteiger partial charge < -0.3 is 9.64 Å². The van der Waals surface area contributed by atoms with E-state index in [4.69, 9.17) is 4.74 Å². The maximum atomic E-state index is 12.6. The van der Waals surface area contributed by atoms with E-state index in [-0.39, 0.29) is 18.4 Å². The number of carbonyl (C=O) groups is 1. The number of tetrazole rings is 1. The highest BCUT2D eigenvalue weighted by atomic mass is 19.4. The Bertz CT molecular complexity index is 761. The lowest BCUT2D eigenvalue weighted by atomic mass is 10.1. The lowest BCUT2D eigenvalue weighted by Crippen LogP contribution is -2.28. The zero-order valence-corrected chi connectivity index (χ0v) is 13.6. The van der Waals surface area contributed by atoms with Crippen LogP contribution in [-0.2, 0) is 22.3 Å². The molecule has 10 heteroatoms. The largest absolute Gasteiger partial charge is 0.416 e. The van der Waals surface area contributed by atoms with E-state index in [1.807, 2.05) is 0 Å². The number of hydrogen-bond acceptors (Lipinski definition) is 5. The quantitative estimate of drug-likeness (QED) is 0.817. The van der Waals surface area contributed by atoms with Gasteiger partial charge >= 0.3 is 6.18 Å². The molecule has 1 amide bonds. The van der Waals surface area contributed by atoms with E-state index in [0.29, 0.717) is 24.5 Å². The first-order valence-corrected chi connectivity index (χ1v) is 7.81. The van der Waals surface area contributed by atoms with E-state index < -0.39 is 17.8 Å². The number of amides is 1. The van der Waals surface area contributed by atoms with Gasteiger partial charge in [0.25, 0.3) is 0 Å². The van der Waals surface area contributed by atoms with Gasteiger partial charge in [-0.3, -0.25) is 4.79 Å². The van der Waals surface area contributed by atoms with Crippen LogP contribution < -0.4 is 0 Å². The van der Waals surface area contributed by atoms with Crippen LogP contribution in [0, 0.1) is 0 Å². The molecule has 138 valence electrons. The Kier molecular flexibility index (Phi) is 5.03. The Morgan fingerprint density at radius 2 is 2.08 bits per heavy atom. The molecule has 1 aromatic carbocycles. The molecule has 2 aromatic rings. The topological polar surface area (TPSA) is 84.0 Å². The molecular formula is C16H16F3N5O2. The minimum Gasteiger partial charge on any atom is -0.371 e. The van der Waals surface area contributed by atoms with Crippen LogP contribution in [0.2, 0.25) is 0 Å². The van der Waals surface area contributed by atoms with Crippen molar-refractivity contribution in [1.82, 2.24) is 25.5 Å². The number of nitrogens with zero attached hydrogens (tertiary/aromatic N) is 4. The summed E-state index contributed by atoms with van der Waals surface area (Å²) in [4.78, 5) is 13.4. The molecule has 3 rings (SSSR count). The molecule has 1 aromatic heterocycles. The molecule has 2 heterocycles. The van der Waals surface area contributed by atoms with Crippen molar-refractivity contribution in [2.24, 2.45) is 0 Å².